The Hall–Kier alpha value is -4.40. The zero-order valence-electron chi connectivity index (χ0n) is 23.6. The molecule has 1 aromatic heterocycles. The highest BCUT2D eigenvalue weighted by atomic mass is 19.1. The molecule has 1 fully saturated rings. The van der Waals surface area contributed by atoms with E-state index in [4.69, 9.17) is 15.2 Å². The number of hydrogen-bond acceptors (Lipinski definition) is 6. The van der Waals surface area contributed by atoms with Crippen molar-refractivity contribution in [2.45, 2.75) is 50.5 Å². The average Bonchev–Trinajstić information content (AvgIpc) is 3.46. The van der Waals surface area contributed by atoms with Gasteiger partial charge < -0.3 is 25.1 Å². The lowest BCUT2D eigenvalue weighted by atomic mass is 9.88. The molecule has 0 radical (unpaired) electrons. The van der Waals surface area contributed by atoms with Gasteiger partial charge in [0.2, 0.25) is 5.43 Å². The van der Waals surface area contributed by atoms with Crippen LogP contribution in [0.4, 0.5) is 20.2 Å². The first-order valence-electron chi connectivity index (χ1n) is 14.2. The van der Waals surface area contributed by atoms with Crippen LogP contribution in [0.3, 0.4) is 0 Å². The number of Topliss-reactive ketones (excluding diaryl/α,β-unsaturated/α-hetero) is 1. The number of hydrogen-bond donors (Lipinski definition) is 2. The number of nitrogens with zero attached hydrogens (tertiary/aromatic N) is 1. The van der Waals surface area contributed by atoms with Crippen LogP contribution in [0, 0.1) is 11.6 Å². The third kappa shape index (κ3) is 4.57. The number of carbonyl (C=O) groups excluding carboxylic acids is 1. The van der Waals surface area contributed by atoms with Crippen LogP contribution in [-0.4, -0.2) is 30.6 Å². The summed E-state index contributed by atoms with van der Waals surface area (Å²) in [7, 11) is 1.60. The average molecular weight is 574 g/mol. The van der Waals surface area contributed by atoms with Gasteiger partial charge in [0, 0.05) is 18.7 Å². The highest BCUT2D eigenvalue weighted by Crippen LogP contribution is 2.49. The summed E-state index contributed by atoms with van der Waals surface area (Å²) in [5, 5.41) is 3.19. The number of nitrogens with two attached hydrogens (primary N) is 1. The standard InChI is InChI=1S/C33H33F2N3O4/c1-19(39)25-17-38-30-26(31(25)40)28(36)27(35)29(32(30)42-18-33(38)14-3-4-15-33)37-16-13-24(20-5-9-22(34)10-6-20)21-7-11-23(41-2)12-8-21/h5-12,17,24,37H,3-4,13-16,18,36H2,1-2H3. The molecule has 3 N–H and O–H groups in total. The van der Waals surface area contributed by atoms with Crippen LogP contribution in [0.2, 0.25) is 0 Å². The summed E-state index contributed by atoms with van der Waals surface area (Å²) in [5.74, 6) is -0.677. The number of ether oxygens (including phenoxy) is 2. The predicted octanol–water partition coefficient (Wildman–Crippen LogP) is 6.37. The summed E-state index contributed by atoms with van der Waals surface area (Å²) in [6.45, 7) is 1.96. The molecule has 4 aromatic rings. The van der Waals surface area contributed by atoms with Crippen LogP contribution < -0.4 is 26.0 Å². The summed E-state index contributed by atoms with van der Waals surface area (Å²) in [4.78, 5) is 25.8. The van der Waals surface area contributed by atoms with E-state index in [9.17, 15) is 14.0 Å². The van der Waals surface area contributed by atoms with Gasteiger partial charge in [-0.05, 0) is 61.6 Å². The lowest BCUT2D eigenvalue weighted by molar-refractivity contribution is 0.101. The minimum Gasteiger partial charge on any atom is -0.497 e. The van der Waals surface area contributed by atoms with E-state index in [1.807, 2.05) is 28.8 Å². The molecule has 1 atom stereocenters. The Labute approximate surface area is 242 Å². The molecule has 1 saturated carbocycles. The van der Waals surface area contributed by atoms with Gasteiger partial charge >= 0.3 is 0 Å². The Balaban J connectivity index is 1.40. The molecule has 0 saturated heterocycles. The van der Waals surface area contributed by atoms with E-state index in [2.05, 4.69) is 5.32 Å². The number of aromatic nitrogens is 1. The van der Waals surface area contributed by atoms with Crippen LogP contribution in [0.5, 0.6) is 11.5 Å². The van der Waals surface area contributed by atoms with E-state index in [0.29, 0.717) is 25.1 Å². The molecule has 0 bridgehead atoms. The Morgan fingerprint density at radius 1 is 1.10 bits per heavy atom. The van der Waals surface area contributed by atoms with Crippen LogP contribution >= 0.6 is 0 Å². The van der Waals surface area contributed by atoms with Gasteiger partial charge in [0.1, 0.15) is 23.9 Å². The van der Waals surface area contributed by atoms with E-state index < -0.39 is 16.8 Å². The number of rotatable bonds is 8. The zero-order chi connectivity index (χ0) is 29.6. The summed E-state index contributed by atoms with van der Waals surface area (Å²) >= 11 is 0. The molecule has 2 heterocycles. The number of pyridine rings is 1. The fourth-order valence-corrected chi connectivity index (χ4v) is 6.57. The van der Waals surface area contributed by atoms with Crippen molar-refractivity contribution < 1.29 is 23.0 Å². The number of nitrogen functional groups attached to an aromatic ring is 1. The molecule has 9 heteroatoms. The Kier molecular flexibility index (Phi) is 7.12. The van der Waals surface area contributed by atoms with Gasteiger partial charge in [0.25, 0.3) is 0 Å². The molecule has 6 rings (SSSR count). The number of fused-ring (bicyclic) bond motifs is 1. The van der Waals surface area contributed by atoms with Crippen LogP contribution in [-0.2, 0) is 5.54 Å². The number of nitrogens with one attached hydrogen (secondary N) is 1. The van der Waals surface area contributed by atoms with Gasteiger partial charge in [-0.3, -0.25) is 9.59 Å². The van der Waals surface area contributed by atoms with Crippen molar-refractivity contribution in [3.63, 3.8) is 0 Å². The van der Waals surface area contributed by atoms with Crippen molar-refractivity contribution in [3.05, 3.63) is 93.3 Å². The third-order valence-corrected chi connectivity index (χ3v) is 8.81. The molecular weight excluding hydrogens is 540 g/mol. The largest absolute Gasteiger partial charge is 0.497 e. The smallest absolute Gasteiger partial charge is 0.202 e. The van der Waals surface area contributed by atoms with Crippen LogP contribution in [0.15, 0.2) is 59.5 Å². The summed E-state index contributed by atoms with van der Waals surface area (Å²) < 4.78 is 43.2. The fraction of sp³-hybridized carbons (Fsp3) is 0.333. The fourth-order valence-electron chi connectivity index (χ4n) is 6.57. The van der Waals surface area contributed by atoms with Crippen molar-refractivity contribution in [1.82, 2.24) is 4.57 Å². The summed E-state index contributed by atoms with van der Waals surface area (Å²) in [6.07, 6.45) is 5.76. The molecule has 1 aliphatic heterocycles. The van der Waals surface area contributed by atoms with Gasteiger partial charge in [-0.1, -0.05) is 37.1 Å². The molecule has 3 aromatic carbocycles. The zero-order valence-corrected chi connectivity index (χ0v) is 23.6. The normalized spacial score (nSPS) is 15.9. The molecule has 2 aliphatic rings. The highest BCUT2D eigenvalue weighted by molar-refractivity contribution is 6.04. The van der Waals surface area contributed by atoms with Gasteiger partial charge in [0.15, 0.2) is 17.3 Å². The lowest BCUT2D eigenvalue weighted by Crippen LogP contribution is -2.42. The van der Waals surface area contributed by atoms with Crippen molar-refractivity contribution in [1.29, 1.82) is 0 Å². The van der Waals surface area contributed by atoms with Crippen LogP contribution in [0.25, 0.3) is 10.9 Å². The number of benzene rings is 3. The Morgan fingerprint density at radius 3 is 2.36 bits per heavy atom. The van der Waals surface area contributed by atoms with E-state index >= 15 is 4.39 Å². The molecule has 1 aliphatic carbocycles. The monoisotopic (exact) mass is 573 g/mol. The summed E-state index contributed by atoms with van der Waals surface area (Å²) in [6, 6.07) is 14.0. The summed E-state index contributed by atoms with van der Waals surface area (Å²) in [5.41, 5.74) is 7.40. The third-order valence-electron chi connectivity index (χ3n) is 8.81. The molecule has 1 spiro atoms. The number of ketones is 1. The first-order chi connectivity index (χ1) is 20.2. The molecular formula is C33H33F2N3O4. The molecule has 42 heavy (non-hydrogen) atoms. The van der Waals surface area contributed by atoms with Gasteiger partial charge in [-0.15, -0.1) is 0 Å². The van der Waals surface area contributed by atoms with E-state index in [1.54, 1.807) is 25.4 Å². The maximum absolute atomic E-state index is 16.0. The predicted molar refractivity (Wildman–Crippen MR) is 159 cm³/mol. The molecule has 7 nitrogen and oxygen atoms in total. The first kappa shape index (κ1) is 27.8. The maximum atomic E-state index is 16.0. The minimum absolute atomic E-state index is 0.00457. The topological polar surface area (TPSA) is 95.6 Å². The van der Waals surface area contributed by atoms with Crippen molar-refractivity contribution in [3.8, 4) is 11.5 Å². The molecule has 0 amide bonds. The lowest BCUT2D eigenvalue weighted by Gasteiger charge is -2.39. The second kappa shape index (κ2) is 10.8. The second-order valence-corrected chi connectivity index (χ2v) is 11.3. The highest BCUT2D eigenvalue weighted by Gasteiger charge is 2.42. The van der Waals surface area contributed by atoms with E-state index in [1.165, 1.54) is 19.1 Å². The second-order valence-electron chi connectivity index (χ2n) is 11.3. The SMILES string of the molecule is COc1ccc(C(CCNc2c(F)c(N)c3c(=O)c(C(C)=O)cn4c3c2OCC42CCCC2)c2ccc(F)cc2)cc1. The molecule has 1 unspecified atom stereocenters. The van der Waals surface area contributed by atoms with Crippen molar-refractivity contribution in [2.75, 3.05) is 31.3 Å². The minimum atomic E-state index is -0.785. The molecule has 218 valence electrons. The van der Waals surface area contributed by atoms with Gasteiger partial charge in [-0.25, -0.2) is 8.78 Å². The van der Waals surface area contributed by atoms with Gasteiger partial charge in [-0.2, -0.15) is 0 Å². The first-order valence-corrected chi connectivity index (χ1v) is 14.2. The van der Waals surface area contributed by atoms with E-state index in [0.717, 1.165) is 42.6 Å². The Morgan fingerprint density at radius 2 is 1.74 bits per heavy atom. The maximum Gasteiger partial charge on any atom is 0.202 e. The Bertz CT molecular complexity index is 1730. The number of carbonyl (C=O) groups is 1. The van der Waals surface area contributed by atoms with Gasteiger partial charge in [0.05, 0.1) is 34.8 Å². The number of anilines is 2. The van der Waals surface area contributed by atoms with E-state index in [-0.39, 0.29) is 45.6 Å². The van der Waals surface area contributed by atoms with Crippen LogP contribution in [0.1, 0.15) is 66.4 Å². The number of methoxy groups -OCH3 is 1. The van der Waals surface area contributed by atoms with Crippen molar-refractivity contribution in [2.24, 2.45) is 0 Å². The quantitative estimate of drug-likeness (QED) is 0.188. The van der Waals surface area contributed by atoms with Crippen molar-refractivity contribution >= 4 is 28.1 Å². The number of halogens is 2.